The third-order valence-corrected chi connectivity index (χ3v) is 2.06. The first kappa shape index (κ1) is 11.8. The SMILES string of the molecule is C/C=C(F)\C=C(\P)CCC(C)C. The highest BCUT2D eigenvalue weighted by Crippen LogP contribution is 2.19. The lowest BCUT2D eigenvalue weighted by molar-refractivity contribution is 0.590. The van der Waals surface area contributed by atoms with Crippen LogP contribution in [0.1, 0.15) is 33.6 Å². The van der Waals surface area contributed by atoms with Crippen LogP contribution in [-0.4, -0.2) is 0 Å². The summed E-state index contributed by atoms with van der Waals surface area (Å²) in [5.41, 5.74) is 0. The van der Waals surface area contributed by atoms with E-state index in [1.807, 2.05) is 0 Å². The van der Waals surface area contributed by atoms with Crippen molar-refractivity contribution < 1.29 is 4.39 Å². The van der Waals surface area contributed by atoms with Crippen LogP contribution in [0.3, 0.4) is 0 Å². The second-order valence-electron chi connectivity index (χ2n) is 3.33. The zero-order chi connectivity index (χ0) is 9.56. The second kappa shape index (κ2) is 6.37. The van der Waals surface area contributed by atoms with Crippen molar-refractivity contribution in [3.63, 3.8) is 0 Å². The van der Waals surface area contributed by atoms with Crippen molar-refractivity contribution in [1.29, 1.82) is 0 Å². The molecule has 0 N–H and O–H groups in total. The molecule has 0 nitrogen and oxygen atoms in total. The lowest BCUT2D eigenvalue weighted by Crippen LogP contribution is -1.86. The topological polar surface area (TPSA) is 0 Å². The van der Waals surface area contributed by atoms with Gasteiger partial charge in [0.1, 0.15) is 5.83 Å². The van der Waals surface area contributed by atoms with Crippen LogP contribution in [0.5, 0.6) is 0 Å². The van der Waals surface area contributed by atoms with Crippen molar-refractivity contribution in [1.82, 2.24) is 0 Å². The average molecular weight is 188 g/mol. The Morgan fingerprint density at radius 1 is 1.50 bits per heavy atom. The molecule has 70 valence electrons. The van der Waals surface area contributed by atoms with Crippen LogP contribution in [0.15, 0.2) is 23.3 Å². The van der Waals surface area contributed by atoms with Crippen molar-refractivity contribution in [3.05, 3.63) is 23.3 Å². The van der Waals surface area contributed by atoms with E-state index in [4.69, 9.17) is 0 Å². The van der Waals surface area contributed by atoms with Crippen molar-refractivity contribution in [2.45, 2.75) is 33.6 Å². The molecule has 0 amide bonds. The highest BCUT2D eigenvalue weighted by atomic mass is 31.0. The van der Waals surface area contributed by atoms with Crippen LogP contribution in [0, 0.1) is 5.92 Å². The van der Waals surface area contributed by atoms with Gasteiger partial charge in [-0.05, 0) is 37.1 Å². The largest absolute Gasteiger partial charge is 0.207 e. The molecular formula is C10H18FP. The molecule has 1 atom stereocenters. The fourth-order valence-electron chi connectivity index (χ4n) is 0.788. The van der Waals surface area contributed by atoms with Gasteiger partial charge in [-0.1, -0.05) is 19.9 Å². The molecule has 2 heteroatoms. The zero-order valence-electron chi connectivity index (χ0n) is 8.10. The first-order chi connectivity index (χ1) is 5.56. The Hall–Kier alpha value is -0.160. The van der Waals surface area contributed by atoms with Crippen LogP contribution in [0.2, 0.25) is 0 Å². The van der Waals surface area contributed by atoms with Crippen LogP contribution < -0.4 is 0 Å². The maximum Gasteiger partial charge on any atom is 0.119 e. The van der Waals surface area contributed by atoms with E-state index in [0.29, 0.717) is 5.92 Å². The number of hydrogen-bond acceptors (Lipinski definition) is 0. The number of halogens is 1. The molecule has 0 aromatic heterocycles. The van der Waals surface area contributed by atoms with Gasteiger partial charge in [0, 0.05) is 0 Å². The van der Waals surface area contributed by atoms with Crippen molar-refractivity contribution in [3.8, 4) is 0 Å². The molecule has 0 aliphatic heterocycles. The molecule has 0 bridgehead atoms. The van der Waals surface area contributed by atoms with E-state index in [1.165, 1.54) is 6.08 Å². The number of rotatable bonds is 4. The van der Waals surface area contributed by atoms with Gasteiger partial charge in [0.25, 0.3) is 0 Å². The summed E-state index contributed by atoms with van der Waals surface area (Å²) in [6.45, 7) is 6.04. The summed E-state index contributed by atoms with van der Waals surface area (Å²) in [7, 11) is 2.58. The summed E-state index contributed by atoms with van der Waals surface area (Å²) in [6.07, 6.45) is 5.13. The van der Waals surface area contributed by atoms with Gasteiger partial charge in [-0.25, -0.2) is 4.39 Å². The molecule has 12 heavy (non-hydrogen) atoms. The van der Waals surface area contributed by atoms with Crippen LogP contribution in [0.4, 0.5) is 4.39 Å². The van der Waals surface area contributed by atoms with E-state index in [1.54, 1.807) is 13.0 Å². The van der Waals surface area contributed by atoms with Crippen LogP contribution >= 0.6 is 9.24 Å². The van der Waals surface area contributed by atoms with E-state index < -0.39 is 0 Å². The summed E-state index contributed by atoms with van der Waals surface area (Å²) in [5.74, 6) is 0.534. The maximum atomic E-state index is 12.7. The summed E-state index contributed by atoms with van der Waals surface area (Å²) in [6, 6.07) is 0. The Balaban J connectivity index is 3.86. The molecule has 0 aliphatic carbocycles. The standard InChI is InChI=1S/C10H18FP/c1-4-9(11)7-10(12)6-5-8(2)3/h4,7-8H,5-6,12H2,1-3H3/b9-4+,10-7+. The summed E-state index contributed by atoms with van der Waals surface area (Å²) in [5, 5.41) is 1.04. The number of hydrogen-bond donors (Lipinski definition) is 0. The first-order valence-electron chi connectivity index (χ1n) is 4.34. The van der Waals surface area contributed by atoms with E-state index in [2.05, 4.69) is 23.1 Å². The highest BCUT2D eigenvalue weighted by Gasteiger charge is 1.96. The Morgan fingerprint density at radius 2 is 2.08 bits per heavy atom. The fourth-order valence-corrected chi connectivity index (χ4v) is 1.11. The monoisotopic (exact) mass is 188 g/mol. The smallest absolute Gasteiger partial charge is 0.119 e. The molecule has 0 fully saturated rings. The molecule has 0 aromatic carbocycles. The van der Waals surface area contributed by atoms with Crippen LogP contribution in [0.25, 0.3) is 0 Å². The minimum atomic E-state index is -0.149. The summed E-state index contributed by atoms with van der Waals surface area (Å²) in [4.78, 5) is 0. The van der Waals surface area contributed by atoms with E-state index in [0.717, 1.165) is 18.2 Å². The molecule has 0 saturated carbocycles. The Morgan fingerprint density at radius 3 is 2.50 bits per heavy atom. The Bertz CT molecular complexity index is 180. The predicted octanol–water partition coefficient (Wildman–Crippen LogP) is 4.05. The summed E-state index contributed by atoms with van der Waals surface area (Å²) < 4.78 is 12.7. The fraction of sp³-hybridized carbons (Fsp3) is 0.600. The zero-order valence-corrected chi connectivity index (χ0v) is 9.26. The third-order valence-electron chi connectivity index (χ3n) is 1.61. The van der Waals surface area contributed by atoms with E-state index in [9.17, 15) is 4.39 Å². The molecule has 0 aromatic rings. The van der Waals surface area contributed by atoms with Gasteiger partial charge in [0.05, 0.1) is 0 Å². The van der Waals surface area contributed by atoms with Crippen molar-refractivity contribution in [2.24, 2.45) is 5.92 Å². The summed E-state index contributed by atoms with van der Waals surface area (Å²) >= 11 is 0. The minimum Gasteiger partial charge on any atom is -0.207 e. The van der Waals surface area contributed by atoms with Crippen molar-refractivity contribution in [2.75, 3.05) is 0 Å². The molecule has 0 saturated heterocycles. The number of allylic oxidation sites excluding steroid dienone is 4. The van der Waals surface area contributed by atoms with Gasteiger partial charge < -0.3 is 0 Å². The highest BCUT2D eigenvalue weighted by molar-refractivity contribution is 7.22. The van der Waals surface area contributed by atoms with Gasteiger partial charge >= 0.3 is 0 Å². The molecule has 0 radical (unpaired) electrons. The molecule has 0 aliphatic rings. The normalized spacial score (nSPS) is 14.2. The molecule has 1 unspecified atom stereocenters. The van der Waals surface area contributed by atoms with Gasteiger partial charge in [-0.3, -0.25) is 0 Å². The third kappa shape index (κ3) is 6.54. The lowest BCUT2D eigenvalue weighted by Gasteiger charge is -2.03. The van der Waals surface area contributed by atoms with Gasteiger partial charge in [0.15, 0.2) is 0 Å². The van der Waals surface area contributed by atoms with Gasteiger partial charge in [0.2, 0.25) is 0 Å². The quantitative estimate of drug-likeness (QED) is 0.461. The Labute approximate surface area is 77.1 Å². The maximum absolute atomic E-state index is 12.7. The van der Waals surface area contributed by atoms with E-state index >= 15 is 0 Å². The van der Waals surface area contributed by atoms with Crippen LogP contribution in [-0.2, 0) is 0 Å². The average Bonchev–Trinajstić information content (AvgIpc) is 2.00. The minimum absolute atomic E-state index is 0.149. The molecular weight excluding hydrogens is 170 g/mol. The van der Waals surface area contributed by atoms with Gasteiger partial charge in [-0.15, -0.1) is 9.24 Å². The molecule has 0 heterocycles. The first-order valence-corrected chi connectivity index (χ1v) is 4.91. The van der Waals surface area contributed by atoms with Crippen molar-refractivity contribution >= 4 is 9.24 Å². The predicted molar refractivity (Wildman–Crippen MR) is 56.7 cm³/mol. The van der Waals surface area contributed by atoms with Gasteiger partial charge in [-0.2, -0.15) is 0 Å². The molecule has 0 spiro atoms. The van der Waals surface area contributed by atoms with E-state index in [-0.39, 0.29) is 5.83 Å². The second-order valence-corrected chi connectivity index (χ2v) is 4.07. The molecule has 0 rings (SSSR count). The Kier molecular flexibility index (Phi) is 6.28. The lowest BCUT2D eigenvalue weighted by atomic mass is 10.1.